The number of sulfonamides is 1. The summed E-state index contributed by atoms with van der Waals surface area (Å²) in [6.45, 7) is -1.56. The van der Waals surface area contributed by atoms with Crippen molar-refractivity contribution < 1.29 is 40.7 Å². The molecule has 0 heterocycles. The SMILES string of the molecule is COc1cccc(NC(=O)COC(=O)CNS(=O)(=O)c2cccc(C(F)(F)F)c2)c1. The van der Waals surface area contributed by atoms with Crippen molar-refractivity contribution in [3.8, 4) is 5.75 Å². The highest BCUT2D eigenvalue weighted by Gasteiger charge is 2.31. The highest BCUT2D eigenvalue weighted by atomic mass is 32.2. The zero-order chi connectivity index (χ0) is 22.4. The maximum atomic E-state index is 12.7. The van der Waals surface area contributed by atoms with Crippen LogP contribution in [0.15, 0.2) is 53.4 Å². The van der Waals surface area contributed by atoms with Crippen LogP contribution in [0.25, 0.3) is 0 Å². The average Bonchev–Trinajstić information content (AvgIpc) is 2.70. The van der Waals surface area contributed by atoms with Crippen molar-refractivity contribution in [3.63, 3.8) is 0 Å². The molecule has 0 unspecified atom stereocenters. The molecule has 0 aromatic heterocycles. The number of halogens is 3. The first-order chi connectivity index (χ1) is 14.0. The Morgan fingerprint density at radius 2 is 1.77 bits per heavy atom. The molecule has 1 amide bonds. The lowest BCUT2D eigenvalue weighted by Crippen LogP contribution is -2.32. The summed E-state index contributed by atoms with van der Waals surface area (Å²) in [5.41, 5.74) is -0.761. The van der Waals surface area contributed by atoms with Gasteiger partial charge in [-0.05, 0) is 30.3 Å². The zero-order valence-corrected chi connectivity index (χ0v) is 16.3. The molecule has 2 aromatic carbocycles. The third kappa shape index (κ3) is 6.74. The Labute approximate surface area is 170 Å². The van der Waals surface area contributed by atoms with Crippen LogP contribution < -0.4 is 14.8 Å². The Balaban J connectivity index is 1.87. The van der Waals surface area contributed by atoms with E-state index in [0.717, 1.165) is 12.1 Å². The minimum Gasteiger partial charge on any atom is -0.497 e. The fourth-order valence-corrected chi connectivity index (χ4v) is 3.19. The molecule has 12 heteroatoms. The summed E-state index contributed by atoms with van der Waals surface area (Å²) in [7, 11) is -2.95. The number of esters is 1. The molecule has 30 heavy (non-hydrogen) atoms. The summed E-state index contributed by atoms with van der Waals surface area (Å²) in [6.07, 6.45) is -4.72. The van der Waals surface area contributed by atoms with Gasteiger partial charge in [0.2, 0.25) is 10.0 Å². The van der Waals surface area contributed by atoms with E-state index in [2.05, 4.69) is 10.1 Å². The van der Waals surface area contributed by atoms with Crippen LogP contribution in [0.4, 0.5) is 18.9 Å². The summed E-state index contributed by atoms with van der Waals surface area (Å²) in [6, 6.07) is 9.43. The zero-order valence-electron chi connectivity index (χ0n) is 15.5. The van der Waals surface area contributed by atoms with Crippen molar-refractivity contribution in [2.75, 3.05) is 25.6 Å². The van der Waals surface area contributed by atoms with E-state index in [-0.39, 0.29) is 0 Å². The number of anilines is 1. The van der Waals surface area contributed by atoms with Crippen molar-refractivity contribution in [1.82, 2.24) is 4.72 Å². The molecule has 0 bridgehead atoms. The van der Waals surface area contributed by atoms with Crippen LogP contribution >= 0.6 is 0 Å². The molecule has 0 atom stereocenters. The molecular formula is C18H17F3N2O6S. The summed E-state index contributed by atoms with van der Waals surface area (Å²) < 4.78 is 73.8. The largest absolute Gasteiger partial charge is 0.497 e. The van der Waals surface area contributed by atoms with Gasteiger partial charge in [-0.25, -0.2) is 8.42 Å². The smallest absolute Gasteiger partial charge is 0.416 e. The van der Waals surface area contributed by atoms with Gasteiger partial charge in [-0.15, -0.1) is 0 Å². The number of rotatable bonds is 8. The minimum absolute atomic E-state index is 0.389. The second-order valence-corrected chi connectivity index (χ2v) is 7.56. The molecule has 0 aliphatic rings. The van der Waals surface area contributed by atoms with E-state index < -0.39 is 51.7 Å². The van der Waals surface area contributed by atoms with Crippen LogP contribution in [-0.2, 0) is 30.5 Å². The van der Waals surface area contributed by atoms with Gasteiger partial charge >= 0.3 is 12.1 Å². The van der Waals surface area contributed by atoms with Crippen LogP contribution in [0.3, 0.4) is 0 Å². The Kier molecular flexibility index (Phi) is 7.40. The third-order valence-corrected chi connectivity index (χ3v) is 4.99. The van der Waals surface area contributed by atoms with Crippen LogP contribution in [0.2, 0.25) is 0 Å². The number of hydrogen-bond donors (Lipinski definition) is 2. The fourth-order valence-electron chi connectivity index (χ4n) is 2.17. The van der Waals surface area contributed by atoms with Gasteiger partial charge in [0.1, 0.15) is 12.3 Å². The molecule has 162 valence electrons. The van der Waals surface area contributed by atoms with Gasteiger partial charge in [-0.1, -0.05) is 12.1 Å². The van der Waals surface area contributed by atoms with E-state index in [4.69, 9.17) is 4.74 Å². The number of hydrogen-bond acceptors (Lipinski definition) is 6. The third-order valence-electron chi connectivity index (χ3n) is 3.60. The second-order valence-electron chi connectivity index (χ2n) is 5.79. The lowest BCUT2D eigenvalue weighted by atomic mass is 10.2. The van der Waals surface area contributed by atoms with Crippen molar-refractivity contribution in [1.29, 1.82) is 0 Å². The van der Waals surface area contributed by atoms with Gasteiger partial charge in [-0.2, -0.15) is 17.9 Å². The Hall–Kier alpha value is -3.12. The Morgan fingerprint density at radius 1 is 1.07 bits per heavy atom. The Bertz CT molecular complexity index is 1020. The first kappa shape index (κ1) is 23.2. The highest BCUT2D eigenvalue weighted by Crippen LogP contribution is 2.30. The van der Waals surface area contributed by atoms with Gasteiger partial charge in [0, 0.05) is 11.8 Å². The summed E-state index contributed by atoms with van der Waals surface area (Å²) in [5.74, 6) is -1.28. The van der Waals surface area contributed by atoms with E-state index in [0.29, 0.717) is 23.6 Å². The predicted molar refractivity (Wildman–Crippen MR) is 99.2 cm³/mol. The average molecular weight is 446 g/mol. The topological polar surface area (TPSA) is 111 Å². The van der Waals surface area contributed by atoms with E-state index in [9.17, 15) is 31.2 Å². The van der Waals surface area contributed by atoms with E-state index in [1.54, 1.807) is 18.2 Å². The first-order valence-electron chi connectivity index (χ1n) is 8.28. The van der Waals surface area contributed by atoms with Crippen molar-refractivity contribution in [2.45, 2.75) is 11.1 Å². The van der Waals surface area contributed by atoms with Crippen LogP contribution in [0.1, 0.15) is 5.56 Å². The molecule has 0 radical (unpaired) electrons. The quantitative estimate of drug-likeness (QED) is 0.602. The molecule has 0 aliphatic heterocycles. The van der Waals surface area contributed by atoms with Gasteiger partial charge in [-0.3, -0.25) is 9.59 Å². The summed E-state index contributed by atoms with van der Waals surface area (Å²) in [5, 5.41) is 2.45. The molecule has 0 spiro atoms. The number of alkyl halides is 3. The number of methoxy groups -OCH3 is 1. The van der Waals surface area contributed by atoms with Crippen molar-refractivity contribution in [3.05, 3.63) is 54.1 Å². The molecule has 2 rings (SSSR count). The standard InChI is InChI=1S/C18H17F3N2O6S/c1-28-14-6-3-5-13(9-14)23-16(24)11-29-17(25)10-22-30(26,27)15-7-2-4-12(8-15)18(19,20)21/h2-9,22H,10-11H2,1H3,(H,23,24). The monoisotopic (exact) mass is 446 g/mol. The van der Waals surface area contributed by atoms with Crippen molar-refractivity contribution >= 4 is 27.6 Å². The lowest BCUT2D eigenvalue weighted by Gasteiger charge is -2.10. The van der Waals surface area contributed by atoms with E-state index >= 15 is 0 Å². The first-order valence-corrected chi connectivity index (χ1v) is 9.76. The number of ether oxygens (including phenoxy) is 2. The number of amides is 1. The molecule has 0 aliphatic carbocycles. The van der Waals surface area contributed by atoms with Crippen molar-refractivity contribution in [2.24, 2.45) is 0 Å². The minimum atomic E-state index is -4.72. The van der Waals surface area contributed by atoms with Gasteiger partial charge in [0.15, 0.2) is 6.61 Å². The van der Waals surface area contributed by atoms with Gasteiger partial charge in [0.05, 0.1) is 17.6 Å². The van der Waals surface area contributed by atoms with Crippen LogP contribution in [-0.4, -0.2) is 40.6 Å². The lowest BCUT2D eigenvalue weighted by molar-refractivity contribution is -0.146. The van der Waals surface area contributed by atoms with E-state index in [1.165, 1.54) is 13.2 Å². The van der Waals surface area contributed by atoms with Gasteiger partial charge in [0.25, 0.3) is 5.91 Å². The molecule has 2 N–H and O–H groups in total. The number of benzene rings is 2. The summed E-state index contributed by atoms with van der Waals surface area (Å²) >= 11 is 0. The summed E-state index contributed by atoms with van der Waals surface area (Å²) in [4.78, 5) is 22.8. The second kappa shape index (κ2) is 9.59. The fraction of sp³-hybridized carbons (Fsp3) is 0.222. The molecule has 0 fully saturated rings. The van der Waals surface area contributed by atoms with Crippen LogP contribution in [0.5, 0.6) is 5.75 Å². The molecule has 8 nitrogen and oxygen atoms in total. The molecule has 0 saturated carbocycles. The molecular weight excluding hydrogens is 429 g/mol. The van der Waals surface area contributed by atoms with Crippen LogP contribution in [0, 0.1) is 0 Å². The van der Waals surface area contributed by atoms with E-state index in [1.807, 2.05) is 4.72 Å². The maximum Gasteiger partial charge on any atom is 0.416 e. The Morgan fingerprint density at radius 3 is 2.43 bits per heavy atom. The number of carbonyl (C=O) groups excluding carboxylic acids is 2. The normalized spacial score (nSPS) is 11.6. The maximum absolute atomic E-state index is 12.7. The predicted octanol–water partition coefficient (Wildman–Crippen LogP) is 2.17. The molecule has 0 saturated heterocycles. The molecule has 2 aromatic rings. The highest BCUT2D eigenvalue weighted by molar-refractivity contribution is 7.89. The number of nitrogens with one attached hydrogen (secondary N) is 2. The number of carbonyl (C=O) groups is 2. The van der Waals surface area contributed by atoms with Gasteiger partial charge < -0.3 is 14.8 Å².